The van der Waals surface area contributed by atoms with Gasteiger partial charge in [0.25, 0.3) is 5.91 Å². The summed E-state index contributed by atoms with van der Waals surface area (Å²) in [4.78, 5) is 22.2. The van der Waals surface area contributed by atoms with Crippen molar-refractivity contribution in [2.75, 3.05) is 14.1 Å². The molecule has 0 saturated heterocycles. The molecule has 0 aliphatic rings. The molecule has 0 spiro atoms. The van der Waals surface area contributed by atoms with E-state index in [-0.39, 0.29) is 11.4 Å². The molecule has 1 N–H and O–H groups in total. The van der Waals surface area contributed by atoms with E-state index in [2.05, 4.69) is 10.2 Å². The minimum Gasteiger partial charge on any atom is -0.343 e. The lowest BCUT2D eigenvalue weighted by molar-refractivity contribution is -0.385. The number of hydrogen-bond acceptors (Lipinski definition) is 4. The Kier molecular flexibility index (Phi) is 2.27. The maximum Gasteiger partial charge on any atom is 0.319 e. The van der Waals surface area contributed by atoms with Crippen molar-refractivity contribution < 1.29 is 9.72 Å². The molecule has 0 radical (unpaired) electrons. The van der Waals surface area contributed by atoms with Crippen molar-refractivity contribution in [3.05, 3.63) is 22.0 Å². The number of nitrogens with zero attached hydrogens (tertiary/aromatic N) is 3. The number of hydrogen-bond donors (Lipinski definition) is 1. The van der Waals surface area contributed by atoms with Crippen LogP contribution in [0.4, 0.5) is 5.69 Å². The number of rotatable bonds is 2. The summed E-state index contributed by atoms with van der Waals surface area (Å²) in [6, 6.07) is 0. The van der Waals surface area contributed by atoms with Crippen molar-refractivity contribution in [1.29, 1.82) is 0 Å². The second kappa shape index (κ2) is 3.21. The van der Waals surface area contributed by atoms with Crippen LogP contribution in [0.15, 0.2) is 6.20 Å². The Morgan fingerprint density at radius 3 is 2.77 bits per heavy atom. The number of carbonyl (C=O) groups is 1. The summed E-state index contributed by atoms with van der Waals surface area (Å²) in [5.74, 6) is -0.468. The summed E-state index contributed by atoms with van der Waals surface area (Å²) in [6.07, 6.45) is 1.01. The summed E-state index contributed by atoms with van der Waals surface area (Å²) in [5.41, 5.74) is -0.409. The van der Waals surface area contributed by atoms with Crippen LogP contribution in [0.2, 0.25) is 0 Å². The third-order valence-electron chi connectivity index (χ3n) is 1.44. The van der Waals surface area contributed by atoms with Gasteiger partial charge in [-0.3, -0.25) is 20.0 Å². The molecule has 7 heteroatoms. The van der Waals surface area contributed by atoms with Crippen LogP contribution in [-0.4, -0.2) is 40.0 Å². The lowest BCUT2D eigenvalue weighted by atomic mass is 10.3. The monoisotopic (exact) mass is 184 g/mol. The van der Waals surface area contributed by atoms with Gasteiger partial charge >= 0.3 is 5.69 Å². The molecule has 0 aromatic carbocycles. The van der Waals surface area contributed by atoms with Crippen molar-refractivity contribution in [1.82, 2.24) is 15.1 Å². The molecule has 1 aromatic rings. The van der Waals surface area contributed by atoms with Crippen LogP contribution < -0.4 is 0 Å². The van der Waals surface area contributed by atoms with Gasteiger partial charge in [-0.05, 0) is 0 Å². The third-order valence-corrected chi connectivity index (χ3v) is 1.44. The van der Waals surface area contributed by atoms with E-state index in [1.807, 2.05) is 0 Å². The van der Waals surface area contributed by atoms with Gasteiger partial charge in [-0.25, -0.2) is 0 Å². The summed E-state index contributed by atoms with van der Waals surface area (Å²) < 4.78 is 0. The highest BCUT2D eigenvalue weighted by atomic mass is 16.6. The zero-order valence-electron chi connectivity index (χ0n) is 7.14. The van der Waals surface area contributed by atoms with E-state index in [4.69, 9.17) is 0 Å². The molecule has 1 rings (SSSR count). The first-order valence-corrected chi connectivity index (χ1v) is 3.43. The topological polar surface area (TPSA) is 92.1 Å². The first-order valence-electron chi connectivity index (χ1n) is 3.43. The predicted molar refractivity (Wildman–Crippen MR) is 43.3 cm³/mol. The molecule has 0 atom stereocenters. The van der Waals surface area contributed by atoms with E-state index in [0.29, 0.717) is 0 Å². The van der Waals surface area contributed by atoms with Gasteiger partial charge in [0.1, 0.15) is 6.20 Å². The van der Waals surface area contributed by atoms with Crippen LogP contribution in [0.1, 0.15) is 10.5 Å². The van der Waals surface area contributed by atoms with E-state index in [0.717, 1.165) is 6.20 Å². The Bertz CT molecular complexity index is 343. The number of H-pyrrole nitrogens is 1. The van der Waals surface area contributed by atoms with Crippen molar-refractivity contribution in [2.45, 2.75) is 0 Å². The minimum absolute atomic E-state index is 0.102. The molecule has 0 aliphatic heterocycles. The molecule has 0 unspecified atom stereocenters. The van der Waals surface area contributed by atoms with Crippen LogP contribution >= 0.6 is 0 Å². The van der Waals surface area contributed by atoms with E-state index in [1.54, 1.807) is 0 Å². The lowest BCUT2D eigenvalue weighted by Crippen LogP contribution is -2.22. The van der Waals surface area contributed by atoms with Crippen LogP contribution in [-0.2, 0) is 0 Å². The first kappa shape index (κ1) is 9.17. The van der Waals surface area contributed by atoms with E-state index in [1.165, 1.54) is 19.0 Å². The Labute approximate surface area is 73.5 Å². The molecule has 1 amide bonds. The lowest BCUT2D eigenvalue weighted by Gasteiger charge is -2.06. The normalized spacial score (nSPS) is 9.69. The number of nitro groups is 1. The molecule has 0 bridgehead atoms. The van der Waals surface area contributed by atoms with Crippen LogP contribution in [0.3, 0.4) is 0 Å². The molecule has 1 heterocycles. The highest BCUT2D eigenvalue weighted by Crippen LogP contribution is 2.15. The average Bonchev–Trinajstić information content (AvgIpc) is 2.50. The van der Waals surface area contributed by atoms with Crippen molar-refractivity contribution >= 4 is 11.6 Å². The quantitative estimate of drug-likeness (QED) is 0.518. The predicted octanol–water partition coefficient (Wildman–Crippen LogP) is 0.0197. The van der Waals surface area contributed by atoms with Gasteiger partial charge in [-0.15, -0.1) is 0 Å². The number of carbonyl (C=O) groups excluding carboxylic acids is 1. The fourth-order valence-electron chi connectivity index (χ4n) is 0.799. The molecule has 1 aromatic heterocycles. The molecule has 7 nitrogen and oxygen atoms in total. The first-order chi connectivity index (χ1) is 6.04. The van der Waals surface area contributed by atoms with Crippen molar-refractivity contribution in [3.8, 4) is 0 Å². The molecule has 0 saturated carbocycles. The molecule has 13 heavy (non-hydrogen) atoms. The zero-order chi connectivity index (χ0) is 10.0. The minimum atomic E-state index is -0.653. The van der Waals surface area contributed by atoms with E-state index in [9.17, 15) is 14.9 Å². The summed E-state index contributed by atoms with van der Waals surface area (Å²) in [7, 11) is 3.01. The fourth-order valence-corrected chi connectivity index (χ4v) is 0.799. The zero-order valence-corrected chi connectivity index (χ0v) is 7.14. The second-order valence-corrected chi connectivity index (χ2v) is 2.59. The summed E-state index contributed by atoms with van der Waals surface area (Å²) in [5, 5.41) is 16.1. The summed E-state index contributed by atoms with van der Waals surface area (Å²) >= 11 is 0. The largest absolute Gasteiger partial charge is 0.343 e. The Balaban J connectivity index is 3.08. The number of aromatic amines is 1. The third kappa shape index (κ3) is 1.63. The summed E-state index contributed by atoms with van der Waals surface area (Å²) in [6.45, 7) is 0. The Morgan fingerprint density at radius 2 is 2.31 bits per heavy atom. The second-order valence-electron chi connectivity index (χ2n) is 2.59. The Morgan fingerprint density at radius 1 is 1.69 bits per heavy atom. The SMILES string of the molecule is CN(C)C(=O)c1[nH]ncc1[N+](=O)[O-]. The maximum absolute atomic E-state index is 11.3. The highest BCUT2D eigenvalue weighted by Gasteiger charge is 2.23. The fraction of sp³-hybridized carbons (Fsp3) is 0.333. The molecule has 0 aliphatic carbocycles. The van der Waals surface area contributed by atoms with Crippen LogP contribution in [0, 0.1) is 10.1 Å². The van der Waals surface area contributed by atoms with Crippen LogP contribution in [0.25, 0.3) is 0 Å². The maximum atomic E-state index is 11.3. The molecule has 0 fully saturated rings. The average molecular weight is 184 g/mol. The molecular weight excluding hydrogens is 176 g/mol. The van der Waals surface area contributed by atoms with Crippen molar-refractivity contribution in [3.63, 3.8) is 0 Å². The van der Waals surface area contributed by atoms with Gasteiger partial charge in [0.2, 0.25) is 5.69 Å². The number of amides is 1. The van der Waals surface area contributed by atoms with Gasteiger partial charge < -0.3 is 4.90 Å². The number of nitrogens with one attached hydrogen (secondary N) is 1. The standard InChI is InChI=1S/C6H8N4O3/c1-9(2)6(11)5-4(10(12)13)3-7-8-5/h3H,1-2H3,(H,7,8). The van der Waals surface area contributed by atoms with Gasteiger partial charge in [-0.1, -0.05) is 0 Å². The molecule has 70 valence electrons. The van der Waals surface area contributed by atoms with E-state index >= 15 is 0 Å². The highest BCUT2D eigenvalue weighted by molar-refractivity contribution is 5.95. The van der Waals surface area contributed by atoms with E-state index < -0.39 is 10.8 Å². The Hall–Kier alpha value is -1.92. The van der Waals surface area contributed by atoms with Crippen LogP contribution in [0.5, 0.6) is 0 Å². The molecular formula is C6H8N4O3. The van der Waals surface area contributed by atoms with Gasteiger partial charge in [0, 0.05) is 14.1 Å². The van der Waals surface area contributed by atoms with Gasteiger partial charge in [-0.2, -0.15) is 5.10 Å². The smallest absolute Gasteiger partial charge is 0.319 e. The van der Waals surface area contributed by atoms with Gasteiger partial charge in [0.15, 0.2) is 0 Å². The van der Waals surface area contributed by atoms with Gasteiger partial charge in [0.05, 0.1) is 4.92 Å². The number of aromatic nitrogens is 2. The van der Waals surface area contributed by atoms with Crippen molar-refractivity contribution in [2.24, 2.45) is 0 Å².